The van der Waals surface area contributed by atoms with E-state index < -0.39 is 0 Å². The molecule has 2 amide bonds. The number of rotatable bonds is 6. The molecule has 7 heteroatoms. The molecule has 1 rings (SSSR count). The largest absolute Gasteiger partial charge is 0.383 e. The van der Waals surface area contributed by atoms with Gasteiger partial charge < -0.3 is 19.9 Å². The molecule has 20 heavy (non-hydrogen) atoms. The van der Waals surface area contributed by atoms with Gasteiger partial charge in [-0.2, -0.15) is 0 Å². The summed E-state index contributed by atoms with van der Waals surface area (Å²) < 4.78 is 5.01. The van der Waals surface area contributed by atoms with Crippen LogP contribution in [0, 0.1) is 0 Å². The highest BCUT2D eigenvalue weighted by molar-refractivity contribution is 5.87. The normalized spacial score (nSPS) is 18.1. The van der Waals surface area contributed by atoms with Gasteiger partial charge in [0.05, 0.1) is 19.2 Å². The summed E-state index contributed by atoms with van der Waals surface area (Å²) in [4.78, 5) is 27.3. The van der Waals surface area contributed by atoms with Gasteiger partial charge in [-0.3, -0.25) is 9.59 Å². The number of methoxy groups -OCH3 is 1. The number of hydrogen-bond donors (Lipinski definition) is 1. The van der Waals surface area contributed by atoms with E-state index in [1.165, 1.54) is 4.90 Å². The lowest BCUT2D eigenvalue weighted by Crippen LogP contribution is -2.51. The van der Waals surface area contributed by atoms with Crippen LogP contribution < -0.4 is 5.32 Å². The molecule has 0 spiro atoms. The third-order valence-electron chi connectivity index (χ3n) is 3.31. The van der Waals surface area contributed by atoms with Crippen molar-refractivity contribution in [3.63, 3.8) is 0 Å². The molecule has 1 saturated heterocycles. The van der Waals surface area contributed by atoms with E-state index in [2.05, 4.69) is 5.32 Å². The molecule has 1 heterocycles. The summed E-state index contributed by atoms with van der Waals surface area (Å²) in [7, 11) is 4.98. The third kappa shape index (κ3) is 6.07. The summed E-state index contributed by atoms with van der Waals surface area (Å²) in [5, 5.41) is 3.22. The van der Waals surface area contributed by atoms with E-state index in [0.29, 0.717) is 13.2 Å². The van der Waals surface area contributed by atoms with Crippen molar-refractivity contribution in [2.75, 3.05) is 47.4 Å². The zero-order chi connectivity index (χ0) is 14.3. The molecule has 0 aliphatic carbocycles. The lowest BCUT2D eigenvalue weighted by atomic mass is 10.0. The molecule has 0 aromatic carbocycles. The van der Waals surface area contributed by atoms with Gasteiger partial charge in [0, 0.05) is 27.7 Å². The quantitative estimate of drug-likeness (QED) is 0.757. The van der Waals surface area contributed by atoms with Gasteiger partial charge in [0.15, 0.2) is 0 Å². The molecule has 0 aromatic heterocycles. The highest BCUT2D eigenvalue weighted by atomic mass is 35.5. The number of halogens is 1. The van der Waals surface area contributed by atoms with Gasteiger partial charge in [-0.15, -0.1) is 12.4 Å². The standard InChI is InChI=1S/C13H25N3O3.ClH/c1-15(2)12(17)10-16(8-9-19-3)13(18)11-6-4-5-7-14-11;/h11,14H,4-10H2,1-3H3;1H/t11-;/m0./s1. The molecule has 1 atom stereocenters. The SMILES string of the molecule is COCCN(CC(=O)N(C)C)C(=O)[C@@H]1CCCCN1.Cl. The van der Waals surface area contributed by atoms with E-state index in [1.807, 2.05) is 0 Å². The third-order valence-corrected chi connectivity index (χ3v) is 3.31. The molecule has 1 aliphatic heterocycles. The summed E-state index contributed by atoms with van der Waals surface area (Å²) in [5.41, 5.74) is 0. The van der Waals surface area contributed by atoms with Crippen LogP contribution in [0.4, 0.5) is 0 Å². The van der Waals surface area contributed by atoms with Gasteiger partial charge in [-0.1, -0.05) is 6.42 Å². The summed E-state index contributed by atoms with van der Waals surface area (Å²) >= 11 is 0. The molecule has 1 aliphatic rings. The number of likely N-dealkylation sites (N-methyl/N-ethyl adjacent to an activating group) is 1. The van der Waals surface area contributed by atoms with Gasteiger partial charge in [-0.25, -0.2) is 0 Å². The van der Waals surface area contributed by atoms with Crippen molar-refractivity contribution in [1.82, 2.24) is 15.1 Å². The van der Waals surface area contributed by atoms with Gasteiger partial charge in [0.25, 0.3) is 0 Å². The van der Waals surface area contributed by atoms with Crippen LogP contribution in [-0.4, -0.2) is 75.1 Å². The fourth-order valence-corrected chi connectivity index (χ4v) is 2.06. The Hall–Kier alpha value is -0.850. The predicted octanol–water partition coefficient (Wildman–Crippen LogP) is 0.114. The van der Waals surface area contributed by atoms with Crippen molar-refractivity contribution >= 4 is 24.2 Å². The molecule has 6 nitrogen and oxygen atoms in total. The smallest absolute Gasteiger partial charge is 0.241 e. The van der Waals surface area contributed by atoms with Crippen molar-refractivity contribution in [3.8, 4) is 0 Å². The minimum Gasteiger partial charge on any atom is -0.383 e. The van der Waals surface area contributed by atoms with Crippen molar-refractivity contribution in [2.45, 2.75) is 25.3 Å². The number of amides is 2. The lowest BCUT2D eigenvalue weighted by Gasteiger charge is -2.30. The van der Waals surface area contributed by atoms with Crippen molar-refractivity contribution < 1.29 is 14.3 Å². The van der Waals surface area contributed by atoms with Gasteiger partial charge in [0.1, 0.15) is 0 Å². The van der Waals surface area contributed by atoms with Gasteiger partial charge >= 0.3 is 0 Å². The zero-order valence-electron chi connectivity index (χ0n) is 12.6. The minimum atomic E-state index is -0.152. The second-order valence-electron chi connectivity index (χ2n) is 5.04. The van der Waals surface area contributed by atoms with Gasteiger partial charge in [0.2, 0.25) is 11.8 Å². The molecule has 0 unspecified atom stereocenters. The summed E-state index contributed by atoms with van der Waals surface area (Å²) in [5.74, 6) is -0.0628. The van der Waals surface area contributed by atoms with Crippen molar-refractivity contribution in [1.29, 1.82) is 0 Å². The Bertz CT molecular complexity index is 307. The topological polar surface area (TPSA) is 61.9 Å². The van der Waals surface area contributed by atoms with Crippen LogP contribution in [0.2, 0.25) is 0 Å². The number of hydrogen-bond acceptors (Lipinski definition) is 4. The Kier molecular flexibility index (Phi) is 9.54. The first kappa shape index (κ1) is 19.1. The summed E-state index contributed by atoms with van der Waals surface area (Å²) in [6.07, 6.45) is 3.01. The van der Waals surface area contributed by atoms with Crippen LogP contribution in [0.25, 0.3) is 0 Å². The van der Waals surface area contributed by atoms with Crippen LogP contribution in [0.5, 0.6) is 0 Å². The number of carbonyl (C=O) groups excluding carboxylic acids is 2. The van der Waals surface area contributed by atoms with E-state index in [9.17, 15) is 9.59 Å². The first-order valence-electron chi connectivity index (χ1n) is 6.77. The average molecular weight is 308 g/mol. The number of ether oxygens (including phenoxy) is 1. The van der Waals surface area contributed by atoms with E-state index in [4.69, 9.17) is 4.74 Å². The number of nitrogens with one attached hydrogen (secondary N) is 1. The zero-order valence-corrected chi connectivity index (χ0v) is 13.4. The molecular weight excluding hydrogens is 282 g/mol. The fraction of sp³-hybridized carbons (Fsp3) is 0.846. The first-order valence-corrected chi connectivity index (χ1v) is 6.77. The number of nitrogens with zero attached hydrogens (tertiary/aromatic N) is 2. The molecule has 1 N–H and O–H groups in total. The van der Waals surface area contributed by atoms with Crippen LogP contribution in [0.1, 0.15) is 19.3 Å². The highest BCUT2D eigenvalue weighted by Gasteiger charge is 2.27. The van der Waals surface area contributed by atoms with E-state index in [0.717, 1.165) is 25.8 Å². The molecule has 0 aromatic rings. The Morgan fingerprint density at radius 3 is 2.50 bits per heavy atom. The Morgan fingerprint density at radius 1 is 1.30 bits per heavy atom. The molecule has 0 saturated carbocycles. The maximum absolute atomic E-state index is 12.4. The number of piperidine rings is 1. The maximum atomic E-state index is 12.4. The highest BCUT2D eigenvalue weighted by Crippen LogP contribution is 2.10. The van der Waals surface area contributed by atoms with Crippen LogP contribution in [-0.2, 0) is 14.3 Å². The fourth-order valence-electron chi connectivity index (χ4n) is 2.06. The summed E-state index contributed by atoms with van der Waals surface area (Å²) in [6.45, 7) is 1.88. The second kappa shape index (κ2) is 9.96. The van der Waals surface area contributed by atoms with Gasteiger partial charge in [-0.05, 0) is 19.4 Å². The van der Waals surface area contributed by atoms with Crippen LogP contribution in [0.3, 0.4) is 0 Å². The Labute approximate surface area is 127 Å². The van der Waals surface area contributed by atoms with Crippen LogP contribution >= 0.6 is 12.4 Å². The van der Waals surface area contributed by atoms with E-state index >= 15 is 0 Å². The molecule has 118 valence electrons. The second-order valence-corrected chi connectivity index (χ2v) is 5.04. The first-order chi connectivity index (χ1) is 9.06. The van der Waals surface area contributed by atoms with E-state index in [-0.39, 0.29) is 36.8 Å². The molecule has 0 radical (unpaired) electrons. The Balaban J connectivity index is 0.00000361. The van der Waals surface area contributed by atoms with Crippen LogP contribution in [0.15, 0.2) is 0 Å². The summed E-state index contributed by atoms with van der Waals surface area (Å²) in [6, 6.07) is -0.152. The minimum absolute atomic E-state index is 0. The van der Waals surface area contributed by atoms with E-state index in [1.54, 1.807) is 26.1 Å². The molecule has 0 bridgehead atoms. The predicted molar refractivity (Wildman–Crippen MR) is 80.0 cm³/mol. The number of carbonyl (C=O) groups is 2. The average Bonchev–Trinajstić information content (AvgIpc) is 2.43. The van der Waals surface area contributed by atoms with Crippen molar-refractivity contribution in [3.05, 3.63) is 0 Å². The molecular formula is C13H26ClN3O3. The van der Waals surface area contributed by atoms with Crippen molar-refractivity contribution in [2.24, 2.45) is 0 Å². The monoisotopic (exact) mass is 307 g/mol. The Morgan fingerprint density at radius 2 is 2.00 bits per heavy atom. The molecule has 1 fully saturated rings. The maximum Gasteiger partial charge on any atom is 0.241 e. The lowest BCUT2D eigenvalue weighted by molar-refractivity contribution is -0.141.